The van der Waals surface area contributed by atoms with Gasteiger partial charge in [0, 0.05) is 68.0 Å². The molecule has 47 heavy (non-hydrogen) atoms. The van der Waals surface area contributed by atoms with Gasteiger partial charge in [0.15, 0.2) is 5.56 Å². The molecule has 3 N–H and O–H groups in total. The molecular weight excluding hydrogens is 635 g/mol. The van der Waals surface area contributed by atoms with E-state index in [1.807, 2.05) is 25.1 Å². The zero-order chi connectivity index (χ0) is 31.2. The first kappa shape index (κ1) is 34.3. The highest BCUT2D eigenvalue weighted by Crippen LogP contribution is 2.50. The van der Waals surface area contributed by atoms with E-state index >= 15 is 0 Å². The summed E-state index contributed by atoms with van der Waals surface area (Å²) in [6.45, 7) is 6.77. The highest BCUT2D eigenvalue weighted by Gasteiger charge is 2.57. The van der Waals surface area contributed by atoms with Crippen LogP contribution in [0.5, 0.6) is 5.75 Å². The van der Waals surface area contributed by atoms with Gasteiger partial charge in [0.25, 0.3) is 5.56 Å². The molecule has 1 aliphatic carbocycles. The van der Waals surface area contributed by atoms with Gasteiger partial charge < -0.3 is 19.8 Å². The van der Waals surface area contributed by atoms with E-state index < -0.39 is 22.8 Å². The van der Waals surface area contributed by atoms with Crippen LogP contribution in [-0.4, -0.2) is 54.7 Å². The maximum absolute atomic E-state index is 12.5. The molecule has 2 aliphatic rings. The molecule has 0 radical (unpaired) electrons. The minimum absolute atomic E-state index is 0. The van der Waals surface area contributed by atoms with Gasteiger partial charge in [-0.3, -0.25) is 14.6 Å². The minimum Gasteiger partial charge on any atom is -0.506 e. The number of carboxylic acid groups (broad SMARTS) is 1. The number of H-pyrrole nitrogens is 1. The number of hydrogen-bond acceptors (Lipinski definition) is 5. The van der Waals surface area contributed by atoms with Crippen LogP contribution in [0.4, 0.5) is 0 Å². The highest BCUT2D eigenvalue weighted by molar-refractivity contribution is 5.92. The van der Waals surface area contributed by atoms with E-state index in [-0.39, 0.29) is 24.8 Å². The number of aromatic nitrogens is 2. The van der Waals surface area contributed by atoms with Crippen LogP contribution in [0.1, 0.15) is 39.7 Å². The van der Waals surface area contributed by atoms with Gasteiger partial charge in [-0.25, -0.2) is 4.79 Å². The number of halogens is 2. The fourth-order valence-electron chi connectivity index (χ4n) is 7.52. The number of likely N-dealkylation sites (tertiary alicyclic amines) is 1. The van der Waals surface area contributed by atoms with Crippen molar-refractivity contribution in [2.24, 2.45) is 18.9 Å². The van der Waals surface area contributed by atoms with Crippen molar-refractivity contribution in [3.8, 4) is 17.0 Å². The van der Waals surface area contributed by atoms with Gasteiger partial charge >= 0.3 is 5.97 Å². The second kappa shape index (κ2) is 14.0. The SMILES string of the molecule is CCc1c(-c2ccc3c(c2)cc(CN2C[C@@H]4[C@H](C2)[C@H]4N(Cc2ccccc2)Cc2ccccc2)n3C)[nH]c(=O)c(C(=O)O)c1O.Cl.Cl. The second-order valence-corrected chi connectivity index (χ2v) is 12.5. The van der Waals surface area contributed by atoms with Gasteiger partial charge in [0.05, 0.1) is 5.69 Å². The largest absolute Gasteiger partial charge is 0.506 e. The lowest BCUT2D eigenvalue weighted by atomic mass is 9.99. The molecule has 5 aromatic rings. The lowest BCUT2D eigenvalue weighted by molar-refractivity contribution is 0.0691. The number of benzene rings is 3. The summed E-state index contributed by atoms with van der Waals surface area (Å²) in [5.41, 5.74) is 5.20. The Morgan fingerprint density at radius 3 is 2.06 bits per heavy atom. The zero-order valence-electron chi connectivity index (χ0n) is 26.4. The monoisotopic (exact) mass is 674 g/mol. The van der Waals surface area contributed by atoms with Crippen molar-refractivity contribution in [3.63, 3.8) is 0 Å². The smallest absolute Gasteiger partial charge is 0.345 e. The first-order valence-corrected chi connectivity index (χ1v) is 15.7. The number of aromatic amines is 1. The van der Waals surface area contributed by atoms with Crippen molar-refractivity contribution in [3.05, 3.63) is 123 Å². The van der Waals surface area contributed by atoms with E-state index in [2.05, 4.69) is 93.1 Å². The number of aryl methyl sites for hydroxylation is 1. The Hall–Kier alpha value is -4.08. The number of carbonyl (C=O) groups is 1. The van der Waals surface area contributed by atoms with Gasteiger partial charge in [-0.2, -0.15) is 0 Å². The summed E-state index contributed by atoms with van der Waals surface area (Å²) in [6.07, 6.45) is 0.378. The molecule has 3 atom stereocenters. The fraction of sp³-hybridized carbons (Fsp3) is 0.297. The van der Waals surface area contributed by atoms with Crippen LogP contribution in [-0.2, 0) is 33.1 Å². The Kier molecular flexibility index (Phi) is 10.2. The van der Waals surface area contributed by atoms with Crippen molar-refractivity contribution in [1.82, 2.24) is 19.4 Å². The van der Waals surface area contributed by atoms with Crippen LogP contribution in [0.25, 0.3) is 22.2 Å². The number of carboxylic acids is 1. The predicted molar refractivity (Wildman–Crippen MR) is 190 cm³/mol. The Morgan fingerprint density at radius 1 is 0.915 bits per heavy atom. The Bertz CT molecular complexity index is 1890. The number of hydrogen-bond donors (Lipinski definition) is 3. The highest BCUT2D eigenvalue weighted by atomic mass is 35.5. The third-order valence-electron chi connectivity index (χ3n) is 9.78. The van der Waals surface area contributed by atoms with Crippen LogP contribution in [0.15, 0.2) is 89.7 Å². The average Bonchev–Trinajstić information content (AvgIpc) is 3.36. The van der Waals surface area contributed by atoms with Crippen LogP contribution in [0, 0.1) is 11.8 Å². The number of aromatic hydroxyl groups is 1. The van der Waals surface area contributed by atoms with Crippen LogP contribution >= 0.6 is 24.8 Å². The summed E-state index contributed by atoms with van der Waals surface area (Å²) in [4.78, 5) is 32.0. The van der Waals surface area contributed by atoms with Crippen molar-refractivity contribution >= 4 is 41.7 Å². The number of pyridine rings is 1. The number of fused-ring (bicyclic) bond motifs is 2. The van der Waals surface area contributed by atoms with Crippen molar-refractivity contribution < 1.29 is 15.0 Å². The van der Waals surface area contributed by atoms with Gasteiger partial charge in [-0.1, -0.05) is 73.7 Å². The molecule has 8 nitrogen and oxygen atoms in total. The molecule has 7 rings (SSSR count). The molecule has 2 aromatic heterocycles. The lowest BCUT2D eigenvalue weighted by Crippen LogP contribution is -2.34. The first-order valence-electron chi connectivity index (χ1n) is 15.7. The van der Waals surface area contributed by atoms with E-state index in [1.54, 1.807) is 0 Å². The number of nitrogens with one attached hydrogen (secondary N) is 1. The van der Waals surface area contributed by atoms with Crippen molar-refractivity contribution in [1.29, 1.82) is 0 Å². The molecule has 0 amide bonds. The molecule has 3 aromatic carbocycles. The third-order valence-corrected chi connectivity index (χ3v) is 9.78. The fourth-order valence-corrected chi connectivity index (χ4v) is 7.52. The van der Waals surface area contributed by atoms with Crippen LogP contribution in [0.2, 0.25) is 0 Å². The van der Waals surface area contributed by atoms with E-state index in [0.29, 0.717) is 35.6 Å². The third kappa shape index (κ3) is 6.56. The average molecular weight is 676 g/mol. The summed E-state index contributed by atoms with van der Waals surface area (Å²) < 4.78 is 2.23. The predicted octanol–water partition coefficient (Wildman–Crippen LogP) is 6.48. The summed E-state index contributed by atoms with van der Waals surface area (Å²) in [7, 11) is 2.09. The molecule has 0 bridgehead atoms. The van der Waals surface area contributed by atoms with Crippen molar-refractivity contribution in [2.75, 3.05) is 13.1 Å². The molecule has 1 saturated carbocycles. The van der Waals surface area contributed by atoms with Crippen LogP contribution < -0.4 is 5.56 Å². The van der Waals surface area contributed by atoms with Gasteiger partial charge in [-0.15, -0.1) is 24.8 Å². The molecule has 10 heteroatoms. The minimum atomic E-state index is -1.44. The number of piperidine rings is 1. The molecular formula is C37H40Cl2N4O4. The molecule has 0 unspecified atom stereocenters. The summed E-state index contributed by atoms with van der Waals surface area (Å²) in [5.74, 6) is -0.562. The van der Waals surface area contributed by atoms with E-state index in [1.165, 1.54) is 16.8 Å². The standard InChI is InChI=1S/C37H38N4O4.2ClH/c1-3-28-33(38-36(43)32(35(28)42)37(44)45)25-14-15-31-26(16-25)17-27(39(31)2)20-40-21-29-30(22-40)34(29)41(18-23-10-6-4-7-11-23)19-24-12-8-5-9-13-24;;/h4-17,29-30,34H,3,18-22H2,1-2H3,(H,44,45)(H2,38,42,43);2*1H/t29-,30+,34+;;. The lowest BCUT2D eigenvalue weighted by Gasteiger charge is -2.28. The van der Waals surface area contributed by atoms with Gasteiger partial charge in [-0.05, 0) is 53.1 Å². The van der Waals surface area contributed by atoms with Gasteiger partial charge in [0.2, 0.25) is 0 Å². The molecule has 246 valence electrons. The van der Waals surface area contributed by atoms with E-state index in [0.717, 1.165) is 49.2 Å². The zero-order valence-corrected chi connectivity index (χ0v) is 28.1. The summed E-state index contributed by atoms with van der Waals surface area (Å²) >= 11 is 0. The number of aromatic carboxylic acids is 1. The second-order valence-electron chi connectivity index (χ2n) is 12.5. The Labute approximate surface area is 286 Å². The maximum Gasteiger partial charge on any atom is 0.345 e. The first-order chi connectivity index (χ1) is 21.8. The Morgan fingerprint density at radius 2 is 1.51 bits per heavy atom. The summed E-state index contributed by atoms with van der Waals surface area (Å²) in [5, 5.41) is 21.1. The molecule has 3 heterocycles. The topological polar surface area (TPSA) is 102 Å². The van der Waals surface area contributed by atoms with E-state index in [4.69, 9.17) is 0 Å². The molecule has 2 fully saturated rings. The quantitative estimate of drug-likeness (QED) is 0.157. The van der Waals surface area contributed by atoms with Gasteiger partial charge in [0.1, 0.15) is 5.75 Å². The van der Waals surface area contributed by atoms with E-state index in [9.17, 15) is 19.8 Å². The Balaban J connectivity index is 0.00000217. The number of nitrogens with zero attached hydrogens (tertiary/aromatic N) is 3. The summed E-state index contributed by atoms with van der Waals surface area (Å²) in [6, 6.07) is 30.3. The molecule has 0 spiro atoms. The van der Waals surface area contributed by atoms with Crippen molar-refractivity contribution in [2.45, 2.75) is 39.0 Å². The molecule has 1 saturated heterocycles. The maximum atomic E-state index is 12.5. The normalized spacial score (nSPS) is 18.5. The number of rotatable bonds is 10. The molecule has 1 aliphatic heterocycles. The van der Waals surface area contributed by atoms with Crippen LogP contribution in [0.3, 0.4) is 0 Å².